The summed E-state index contributed by atoms with van der Waals surface area (Å²) in [5.74, 6) is -0.947. The van der Waals surface area contributed by atoms with Crippen LogP contribution in [0.5, 0.6) is 0 Å². The van der Waals surface area contributed by atoms with Crippen molar-refractivity contribution in [3.63, 3.8) is 0 Å². The van der Waals surface area contributed by atoms with E-state index in [1.54, 1.807) is 18.2 Å². The zero-order chi connectivity index (χ0) is 15.6. The lowest BCUT2D eigenvalue weighted by molar-refractivity contribution is -0.147. The van der Waals surface area contributed by atoms with E-state index in [9.17, 15) is 9.59 Å². The highest BCUT2D eigenvalue weighted by molar-refractivity contribution is 8.16. The van der Waals surface area contributed by atoms with Gasteiger partial charge in [0.05, 0.1) is 12.1 Å². The molecule has 0 bridgehead atoms. The van der Waals surface area contributed by atoms with E-state index in [1.807, 2.05) is 0 Å². The third kappa shape index (κ3) is 3.90. The fraction of sp³-hybridized carbons (Fsp3) is 0.0833. The quantitative estimate of drug-likeness (QED) is 0.433. The number of hydrogen-bond donors (Lipinski definition) is 0. The molecule has 2 aromatic rings. The van der Waals surface area contributed by atoms with Crippen molar-refractivity contribution in [1.29, 1.82) is 0 Å². The summed E-state index contributed by atoms with van der Waals surface area (Å²) in [6, 6.07) is 4.91. The summed E-state index contributed by atoms with van der Waals surface area (Å²) in [6.07, 6.45) is 0. The van der Waals surface area contributed by atoms with Crippen LogP contribution < -0.4 is 0 Å². The number of thiazole rings is 1. The standard InChI is InChI=1S/C12H6Cl3NO3S2/c1-19-10(17)11(18)21-12-16-8(9(15)20-12)6-3-2-5(13)4-7(6)14/h2-4H,1H3. The number of halogens is 3. The van der Waals surface area contributed by atoms with Gasteiger partial charge in [-0.15, -0.1) is 0 Å². The van der Waals surface area contributed by atoms with E-state index >= 15 is 0 Å². The Hall–Kier alpha value is -0.790. The minimum Gasteiger partial charge on any atom is -0.463 e. The molecule has 9 heteroatoms. The first-order valence-electron chi connectivity index (χ1n) is 5.34. The Kier molecular flexibility index (Phi) is 5.51. The minimum absolute atomic E-state index is 0.330. The highest BCUT2D eigenvalue weighted by Crippen LogP contribution is 2.40. The summed E-state index contributed by atoms with van der Waals surface area (Å²) in [5.41, 5.74) is 1.03. The molecule has 0 radical (unpaired) electrons. The van der Waals surface area contributed by atoms with Crippen LogP contribution in [0.2, 0.25) is 14.4 Å². The molecule has 0 N–H and O–H groups in total. The molecule has 0 aliphatic rings. The summed E-state index contributed by atoms with van der Waals surface area (Å²) in [6.45, 7) is 0. The molecule has 1 aromatic carbocycles. The molecule has 0 fully saturated rings. The Morgan fingerprint density at radius 2 is 2.00 bits per heavy atom. The molecule has 0 aliphatic heterocycles. The van der Waals surface area contributed by atoms with Crippen LogP contribution in [0.15, 0.2) is 22.5 Å². The minimum atomic E-state index is -0.947. The fourth-order valence-corrected chi connectivity index (χ4v) is 4.03. The first-order chi connectivity index (χ1) is 9.92. The SMILES string of the molecule is COC(=O)C(=O)Sc1nc(-c2ccc(Cl)cc2Cl)c(Cl)s1. The summed E-state index contributed by atoms with van der Waals surface area (Å²) in [4.78, 5) is 26.8. The molecule has 1 aromatic heterocycles. The van der Waals surface area contributed by atoms with E-state index in [2.05, 4.69) is 9.72 Å². The van der Waals surface area contributed by atoms with Crippen LogP contribution in [-0.4, -0.2) is 23.2 Å². The Labute approximate surface area is 143 Å². The van der Waals surface area contributed by atoms with Gasteiger partial charge < -0.3 is 4.74 Å². The van der Waals surface area contributed by atoms with Crippen LogP contribution in [0, 0.1) is 0 Å². The molecular weight excluding hydrogens is 377 g/mol. The van der Waals surface area contributed by atoms with Gasteiger partial charge in [0.15, 0.2) is 4.34 Å². The van der Waals surface area contributed by atoms with Crippen molar-refractivity contribution in [2.75, 3.05) is 7.11 Å². The number of rotatable bonds is 2. The molecule has 4 nitrogen and oxygen atoms in total. The number of thioether (sulfide) groups is 1. The fourth-order valence-electron chi connectivity index (χ4n) is 1.38. The van der Waals surface area contributed by atoms with Crippen molar-refractivity contribution in [2.24, 2.45) is 0 Å². The number of hydrogen-bond acceptors (Lipinski definition) is 6. The van der Waals surface area contributed by atoms with E-state index in [1.165, 1.54) is 0 Å². The van der Waals surface area contributed by atoms with Crippen LogP contribution >= 0.6 is 57.9 Å². The maximum Gasteiger partial charge on any atom is 0.386 e. The summed E-state index contributed by atoms with van der Waals surface area (Å²) >= 11 is 19.8. The molecule has 0 aliphatic carbocycles. The third-order valence-electron chi connectivity index (χ3n) is 2.28. The predicted octanol–water partition coefficient (Wildman–Crippen LogP) is 4.56. The largest absolute Gasteiger partial charge is 0.463 e. The van der Waals surface area contributed by atoms with Crippen molar-refractivity contribution in [2.45, 2.75) is 4.34 Å². The highest BCUT2D eigenvalue weighted by Gasteiger charge is 2.21. The number of benzene rings is 1. The maximum atomic E-state index is 11.5. The lowest BCUT2D eigenvalue weighted by Crippen LogP contribution is -2.10. The third-order valence-corrected chi connectivity index (χ3v) is 5.00. The molecule has 1 heterocycles. The van der Waals surface area contributed by atoms with Gasteiger partial charge in [-0.25, -0.2) is 9.78 Å². The molecule has 0 amide bonds. The lowest BCUT2D eigenvalue weighted by Gasteiger charge is -2.01. The van der Waals surface area contributed by atoms with Crippen LogP contribution in [0.3, 0.4) is 0 Å². The zero-order valence-corrected chi connectivity index (χ0v) is 14.3. The second kappa shape index (κ2) is 6.98. The van der Waals surface area contributed by atoms with Gasteiger partial charge in [0, 0.05) is 10.6 Å². The normalized spacial score (nSPS) is 10.5. The number of ether oxygens (including phenoxy) is 1. The van der Waals surface area contributed by atoms with Gasteiger partial charge in [-0.05, 0) is 30.0 Å². The van der Waals surface area contributed by atoms with Gasteiger partial charge in [0.2, 0.25) is 0 Å². The molecule has 0 spiro atoms. The molecule has 0 saturated carbocycles. The Morgan fingerprint density at radius 3 is 2.62 bits per heavy atom. The number of carbonyl (C=O) groups is 2. The number of esters is 1. The van der Waals surface area contributed by atoms with E-state index in [0.717, 1.165) is 18.4 Å². The van der Waals surface area contributed by atoms with Gasteiger partial charge in [0.25, 0.3) is 0 Å². The summed E-state index contributed by atoms with van der Waals surface area (Å²) in [7, 11) is 1.13. The van der Waals surface area contributed by atoms with Crippen LogP contribution in [0.25, 0.3) is 11.3 Å². The number of aromatic nitrogens is 1. The summed E-state index contributed by atoms with van der Waals surface area (Å²) in [5, 5.41) is 0.118. The van der Waals surface area contributed by atoms with Crippen molar-refractivity contribution in [1.82, 2.24) is 4.98 Å². The smallest absolute Gasteiger partial charge is 0.386 e. The van der Waals surface area contributed by atoms with Gasteiger partial charge in [-0.1, -0.05) is 46.1 Å². The zero-order valence-electron chi connectivity index (χ0n) is 10.4. The van der Waals surface area contributed by atoms with Crippen molar-refractivity contribution < 1.29 is 14.3 Å². The highest BCUT2D eigenvalue weighted by atomic mass is 35.5. The van der Waals surface area contributed by atoms with Gasteiger partial charge in [-0.2, -0.15) is 0 Å². The average molecular weight is 383 g/mol. The van der Waals surface area contributed by atoms with Crippen LogP contribution in [0.1, 0.15) is 0 Å². The second-order valence-electron chi connectivity index (χ2n) is 3.61. The Balaban J connectivity index is 2.31. The molecule has 0 atom stereocenters. The molecular formula is C12H6Cl3NO3S2. The first kappa shape index (κ1) is 16.6. The Morgan fingerprint density at radius 1 is 1.29 bits per heavy atom. The van der Waals surface area contributed by atoms with Crippen LogP contribution in [0.4, 0.5) is 0 Å². The van der Waals surface area contributed by atoms with Crippen molar-refractivity contribution in [3.8, 4) is 11.3 Å². The van der Waals surface area contributed by atoms with E-state index in [0.29, 0.717) is 41.7 Å². The van der Waals surface area contributed by atoms with Gasteiger partial charge in [0.1, 0.15) is 10.0 Å². The topological polar surface area (TPSA) is 56.3 Å². The van der Waals surface area contributed by atoms with Gasteiger partial charge >= 0.3 is 11.1 Å². The van der Waals surface area contributed by atoms with Gasteiger partial charge in [-0.3, -0.25) is 4.79 Å². The van der Waals surface area contributed by atoms with Crippen molar-refractivity contribution >= 4 is 69.0 Å². The molecule has 0 unspecified atom stereocenters. The molecule has 21 heavy (non-hydrogen) atoms. The maximum absolute atomic E-state index is 11.5. The summed E-state index contributed by atoms with van der Waals surface area (Å²) < 4.78 is 5.03. The van der Waals surface area contributed by atoms with Crippen LogP contribution in [-0.2, 0) is 14.3 Å². The second-order valence-corrected chi connectivity index (χ2v) is 7.27. The monoisotopic (exact) mass is 381 g/mol. The molecule has 2 rings (SSSR count). The average Bonchev–Trinajstić information content (AvgIpc) is 2.78. The van der Waals surface area contributed by atoms with E-state index < -0.39 is 11.1 Å². The predicted molar refractivity (Wildman–Crippen MR) is 85.5 cm³/mol. The molecule has 110 valence electrons. The van der Waals surface area contributed by atoms with E-state index in [4.69, 9.17) is 34.8 Å². The number of nitrogens with zero attached hydrogens (tertiary/aromatic N) is 1. The number of carbonyl (C=O) groups excluding carboxylic acids is 2. The lowest BCUT2D eigenvalue weighted by atomic mass is 10.2. The number of methoxy groups -OCH3 is 1. The Bertz CT molecular complexity index is 718. The first-order valence-corrected chi connectivity index (χ1v) is 8.11. The molecule has 0 saturated heterocycles. The van der Waals surface area contributed by atoms with Crippen molar-refractivity contribution in [3.05, 3.63) is 32.6 Å². The van der Waals surface area contributed by atoms with E-state index in [-0.39, 0.29) is 0 Å².